The summed E-state index contributed by atoms with van der Waals surface area (Å²) in [5.41, 5.74) is 1.19. The molecule has 0 saturated carbocycles. The second-order valence-electron chi connectivity index (χ2n) is 3.38. The third-order valence-electron chi connectivity index (χ3n) is 2.13. The number of aromatic nitrogens is 1. The van der Waals surface area contributed by atoms with Crippen molar-refractivity contribution in [1.29, 1.82) is 0 Å². The smallest absolute Gasteiger partial charge is 0.256 e. The largest absolute Gasteiger partial charge is 0.476 e. The Labute approximate surface area is 117 Å². The maximum absolute atomic E-state index is 12.0. The Bertz CT molecular complexity index is 557. The molecule has 0 aliphatic rings. The number of anilines is 1. The van der Waals surface area contributed by atoms with Gasteiger partial charge in [-0.25, -0.2) is 4.98 Å². The van der Waals surface area contributed by atoms with Crippen LogP contribution in [0.15, 0.2) is 33.6 Å². The normalized spacial score (nSPS) is 10.1. The van der Waals surface area contributed by atoms with E-state index in [1.54, 1.807) is 29.8 Å². The summed E-state index contributed by atoms with van der Waals surface area (Å²) in [4.78, 5) is 16.1. The molecule has 0 aromatic carbocycles. The number of rotatable bonds is 4. The van der Waals surface area contributed by atoms with Crippen LogP contribution in [0.4, 0.5) is 5.69 Å². The molecule has 0 spiro atoms. The number of ether oxygens (including phenoxy) is 1. The third kappa shape index (κ3) is 3.08. The molecule has 6 heteroatoms. The van der Waals surface area contributed by atoms with E-state index < -0.39 is 0 Å². The van der Waals surface area contributed by atoms with Crippen LogP contribution < -0.4 is 10.1 Å². The number of carbonyl (C=O) groups excluding carboxylic acids is 1. The lowest BCUT2D eigenvalue weighted by Crippen LogP contribution is -2.12. The first-order chi connectivity index (χ1) is 8.70. The average molecular weight is 327 g/mol. The summed E-state index contributed by atoms with van der Waals surface area (Å²) in [6.45, 7) is 2.38. The maximum Gasteiger partial charge on any atom is 0.256 e. The fourth-order valence-corrected chi connectivity index (χ4v) is 2.50. The molecular weight excluding hydrogens is 316 g/mol. The lowest BCUT2D eigenvalue weighted by Gasteiger charge is -2.09. The predicted octanol–water partition coefficient (Wildman–Crippen LogP) is 3.56. The standard InChI is InChI=1S/C12H11BrN2O2S/c1-2-17-12-9(4-3-5-14-12)15-11(16)8-6-10(13)18-7-8/h3-7H,2H2,1H3,(H,15,16). The van der Waals surface area contributed by atoms with E-state index in [-0.39, 0.29) is 5.91 Å². The van der Waals surface area contributed by atoms with E-state index in [0.717, 1.165) is 3.79 Å². The van der Waals surface area contributed by atoms with Crippen molar-refractivity contribution in [2.75, 3.05) is 11.9 Å². The van der Waals surface area contributed by atoms with Crippen molar-refractivity contribution in [3.8, 4) is 5.88 Å². The van der Waals surface area contributed by atoms with Crippen LogP contribution in [-0.4, -0.2) is 17.5 Å². The van der Waals surface area contributed by atoms with Gasteiger partial charge in [0.2, 0.25) is 5.88 Å². The van der Waals surface area contributed by atoms with Crippen LogP contribution in [0.5, 0.6) is 5.88 Å². The Morgan fingerprint density at radius 1 is 1.61 bits per heavy atom. The second-order valence-corrected chi connectivity index (χ2v) is 5.67. The summed E-state index contributed by atoms with van der Waals surface area (Å²) in [7, 11) is 0. The van der Waals surface area contributed by atoms with E-state index in [4.69, 9.17) is 4.74 Å². The number of hydrogen-bond acceptors (Lipinski definition) is 4. The zero-order valence-electron chi connectivity index (χ0n) is 9.64. The Hall–Kier alpha value is -1.40. The van der Waals surface area contributed by atoms with Gasteiger partial charge in [-0.3, -0.25) is 4.79 Å². The molecule has 2 heterocycles. The summed E-state index contributed by atoms with van der Waals surface area (Å²) in [6, 6.07) is 5.29. The molecule has 0 atom stereocenters. The van der Waals surface area contributed by atoms with Crippen LogP contribution >= 0.6 is 27.3 Å². The summed E-state index contributed by atoms with van der Waals surface area (Å²) in [5, 5.41) is 4.57. The highest BCUT2D eigenvalue weighted by atomic mass is 79.9. The van der Waals surface area contributed by atoms with Gasteiger partial charge in [-0.2, -0.15) is 0 Å². The van der Waals surface area contributed by atoms with Crippen molar-refractivity contribution in [1.82, 2.24) is 4.98 Å². The molecule has 1 amide bonds. The minimum atomic E-state index is -0.175. The summed E-state index contributed by atoms with van der Waals surface area (Å²) in [6.07, 6.45) is 1.63. The molecule has 0 fully saturated rings. The van der Waals surface area contributed by atoms with E-state index in [0.29, 0.717) is 23.7 Å². The minimum Gasteiger partial charge on any atom is -0.476 e. The number of halogens is 1. The van der Waals surface area contributed by atoms with Gasteiger partial charge in [0.1, 0.15) is 5.69 Å². The number of hydrogen-bond donors (Lipinski definition) is 1. The zero-order valence-corrected chi connectivity index (χ0v) is 12.0. The number of thiophene rings is 1. The van der Waals surface area contributed by atoms with Gasteiger partial charge >= 0.3 is 0 Å². The Balaban J connectivity index is 2.16. The molecule has 0 bridgehead atoms. The van der Waals surface area contributed by atoms with E-state index in [9.17, 15) is 4.79 Å². The average Bonchev–Trinajstić information content (AvgIpc) is 2.79. The highest BCUT2D eigenvalue weighted by molar-refractivity contribution is 9.11. The lowest BCUT2D eigenvalue weighted by molar-refractivity contribution is 0.102. The molecule has 0 aliphatic heterocycles. The van der Waals surface area contributed by atoms with Gasteiger partial charge in [0.25, 0.3) is 5.91 Å². The van der Waals surface area contributed by atoms with Gasteiger partial charge in [0, 0.05) is 11.6 Å². The first-order valence-electron chi connectivity index (χ1n) is 5.34. The molecule has 0 aliphatic carbocycles. The van der Waals surface area contributed by atoms with Crippen LogP contribution in [0.2, 0.25) is 0 Å². The highest BCUT2D eigenvalue weighted by Gasteiger charge is 2.11. The Morgan fingerprint density at radius 2 is 2.44 bits per heavy atom. The van der Waals surface area contributed by atoms with Crippen LogP contribution in [0.3, 0.4) is 0 Å². The Morgan fingerprint density at radius 3 is 3.11 bits per heavy atom. The van der Waals surface area contributed by atoms with Crippen molar-refractivity contribution in [3.05, 3.63) is 39.1 Å². The number of amides is 1. The minimum absolute atomic E-state index is 0.175. The first kappa shape index (κ1) is 13.0. The van der Waals surface area contributed by atoms with Gasteiger partial charge in [-0.1, -0.05) is 0 Å². The maximum atomic E-state index is 12.0. The van der Waals surface area contributed by atoms with Crippen molar-refractivity contribution in [3.63, 3.8) is 0 Å². The molecule has 2 aromatic rings. The number of nitrogens with one attached hydrogen (secondary N) is 1. The molecule has 4 nitrogen and oxygen atoms in total. The number of carbonyl (C=O) groups is 1. The summed E-state index contributed by atoms with van der Waals surface area (Å²) >= 11 is 4.79. The van der Waals surface area contributed by atoms with Crippen LogP contribution in [0.1, 0.15) is 17.3 Å². The lowest BCUT2D eigenvalue weighted by atomic mass is 10.3. The molecule has 0 radical (unpaired) electrons. The SMILES string of the molecule is CCOc1ncccc1NC(=O)c1csc(Br)c1. The van der Waals surface area contributed by atoms with E-state index in [2.05, 4.69) is 26.2 Å². The quantitative estimate of drug-likeness (QED) is 0.934. The second kappa shape index (κ2) is 5.97. The highest BCUT2D eigenvalue weighted by Crippen LogP contribution is 2.24. The van der Waals surface area contributed by atoms with E-state index in [1.807, 2.05) is 6.92 Å². The first-order valence-corrected chi connectivity index (χ1v) is 7.01. The molecule has 0 unspecified atom stereocenters. The number of nitrogens with zero attached hydrogens (tertiary/aromatic N) is 1. The van der Waals surface area contributed by atoms with Gasteiger partial charge in [-0.05, 0) is 41.1 Å². The van der Waals surface area contributed by atoms with Crippen LogP contribution in [0, 0.1) is 0 Å². The van der Waals surface area contributed by atoms with Crippen molar-refractivity contribution < 1.29 is 9.53 Å². The molecule has 94 valence electrons. The van der Waals surface area contributed by atoms with Gasteiger partial charge in [0.15, 0.2) is 0 Å². The Kier molecular flexibility index (Phi) is 4.33. The fraction of sp³-hybridized carbons (Fsp3) is 0.167. The van der Waals surface area contributed by atoms with Crippen LogP contribution in [0.25, 0.3) is 0 Å². The third-order valence-corrected chi connectivity index (χ3v) is 3.63. The molecule has 2 rings (SSSR count). The van der Waals surface area contributed by atoms with Gasteiger partial charge < -0.3 is 10.1 Å². The van der Waals surface area contributed by atoms with Gasteiger partial charge in [0.05, 0.1) is 16.0 Å². The molecule has 1 N–H and O–H groups in total. The topological polar surface area (TPSA) is 51.2 Å². The molecule has 18 heavy (non-hydrogen) atoms. The zero-order chi connectivity index (χ0) is 13.0. The molecule has 0 saturated heterocycles. The number of pyridine rings is 1. The predicted molar refractivity (Wildman–Crippen MR) is 75.4 cm³/mol. The van der Waals surface area contributed by atoms with E-state index in [1.165, 1.54) is 11.3 Å². The fourth-order valence-electron chi connectivity index (χ4n) is 1.36. The van der Waals surface area contributed by atoms with Crippen LogP contribution in [-0.2, 0) is 0 Å². The molecular formula is C12H11BrN2O2S. The summed E-state index contributed by atoms with van der Waals surface area (Å²) < 4.78 is 6.27. The monoisotopic (exact) mass is 326 g/mol. The van der Waals surface area contributed by atoms with E-state index >= 15 is 0 Å². The molecule has 2 aromatic heterocycles. The van der Waals surface area contributed by atoms with Crippen molar-refractivity contribution in [2.45, 2.75) is 6.92 Å². The van der Waals surface area contributed by atoms with Crippen molar-refractivity contribution >= 4 is 38.9 Å². The van der Waals surface area contributed by atoms with Crippen molar-refractivity contribution in [2.24, 2.45) is 0 Å². The summed E-state index contributed by atoms with van der Waals surface area (Å²) in [5.74, 6) is 0.258. The van der Waals surface area contributed by atoms with Gasteiger partial charge in [-0.15, -0.1) is 11.3 Å².